The maximum absolute atomic E-state index is 11.0. The number of benzene rings is 1. The number of aromatic nitrogens is 2. The molecule has 0 aliphatic carbocycles. The van der Waals surface area contributed by atoms with Gasteiger partial charge in [0.15, 0.2) is 24.4 Å². The second kappa shape index (κ2) is 5.99. The lowest BCUT2D eigenvalue weighted by molar-refractivity contribution is 0.111. The van der Waals surface area contributed by atoms with Gasteiger partial charge < -0.3 is 13.9 Å². The van der Waals surface area contributed by atoms with E-state index in [-0.39, 0.29) is 6.61 Å². The van der Waals surface area contributed by atoms with Crippen molar-refractivity contribution < 1.29 is 18.7 Å². The molecule has 0 spiro atoms. The maximum atomic E-state index is 11.0. The molecule has 0 fully saturated rings. The van der Waals surface area contributed by atoms with Gasteiger partial charge in [0, 0.05) is 6.42 Å². The smallest absolute Gasteiger partial charge is 0.253 e. The van der Waals surface area contributed by atoms with E-state index in [1.807, 2.05) is 6.92 Å². The van der Waals surface area contributed by atoms with Gasteiger partial charge in [-0.05, 0) is 12.1 Å². The Bertz CT molecular complexity index is 566. The Labute approximate surface area is 110 Å². The molecule has 0 aliphatic rings. The molecule has 2 rings (SSSR count). The van der Waals surface area contributed by atoms with Crippen LogP contribution >= 0.6 is 0 Å². The van der Waals surface area contributed by atoms with E-state index in [9.17, 15) is 4.79 Å². The molecule has 0 radical (unpaired) electrons. The first kappa shape index (κ1) is 13.1. The van der Waals surface area contributed by atoms with Crippen molar-refractivity contribution in [2.24, 2.45) is 0 Å². The van der Waals surface area contributed by atoms with Gasteiger partial charge in [-0.15, -0.1) is 10.2 Å². The highest BCUT2D eigenvalue weighted by atomic mass is 16.5. The Morgan fingerprint density at radius 2 is 2.11 bits per heavy atom. The van der Waals surface area contributed by atoms with E-state index >= 15 is 0 Å². The van der Waals surface area contributed by atoms with Crippen molar-refractivity contribution >= 4 is 6.29 Å². The van der Waals surface area contributed by atoms with Crippen molar-refractivity contribution in [3.8, 4) is 11.5 Å². The summed E-state index contributed by atoms with van der Waals surface area (Å²) in [6, 6.07) is 5.08. The van der Waals surface area contributed by atoms with Crippen LogP contribution in [0.4, 0.5) is 0 Å². The average Bonchev–Trinajstić information content (AvgIpc) is 2.92. The fourth-order valence-corrected chi connectivity index (χ4v) is 1.56. The zero-order valence-electron chi connectivity index (χ0n) is 10.8. The lowest BCUT2D eigenvalue weighted by Gasteiger charge is -2.10. The van der Waals surface area contributed by atoms with Crippen LogP contribution in [0.25, 0.3) is 0 Å². The van der Waals surface area contributed by atoms with Gasteiger partial charge in [0.2, 0.25) is 5.89 Å². The minimum atomic E-state index is 0.0915. The van der Waals surface area contributed by atoms with Crippen LogP contribution in [-0.2, 0) is 13.0 Å². The van der Waals surface area contributed by atoms with E-state index in [0.29, 0.717) is 41.6 Å². The number of hydrogen-bond donors (Lipinski definition) is 0. The zero-order chi connectivity index (χ0) is 13.7. The van der Waals surface area contributed by atoms with Crippen molar-refractivity contribution in [1.29, 1.82) is 0 Å². The van der Waals surface area contributed by atoms with Crippen molar-refractivity contribution in [1.82, 2.24) is 10.2 Å². The molecule has 1 heterocycles. The number of aldehydes is 1. The number of nitrogens with zero attached hydrogens (tertiary/aromatic N) is 2. The number of ether oxygens (including phenoxy) is 2. The predicted molar refractivity (Wildman–Crippen MR) is 66.4 cm³/mol. The lowest BCUT2D eigenvalue weighted by atomic mass is 10.2. The van der Waals surface area contributed by atoms with Crippen LogP contribution in [0.5, 0.6) is 11.5 Å². The van der Waals surface area contributed by atoms with E-state index in [0.717, 1.165) is 0 Å². The highest BCUT2D eigenvalue weighted by Gasteiger charge is 2.12. The molecule has 0 bridgehead atoms. The van der Waals surface area contributed by atoms with Gasteiger partial charge in [-0.25, -0.2) is 0 Å². The zero-order valence-corrected chi connectivity index (χ0v) is 10.8. The third kappa shape index (κ3) is 2.90. The fraction of sp³-hybridized carbons (Fsp3) is 0.308. The molecule has 0 saturated carbocycles. The molecule has 0 amide bonds. The molecule has 2 aromatic rings. The summed E-state index contributed by atoms with van der Waals surface area (Å²) in [4.78, 5) is 11.0. The molecular formula is C13H14N2O4. The van der Waals surface area contributed by atoms with Crippen LogP contribution < -0.4 is 9.47 Å². The molecule has 1 aromatic heterocycles. The van der Waals surface area contributed by atoms with Crippen molar-refractivity contribution in [3.63, 3.8) is 0 Å². The van der Waals surface area contributed by atoms with Crippen LogP contribution in [0.2, 0.25) is 0 Å². The molecular weight excluding hydrogens is 248 g/mol. The van der Waals surface area contributed by atoms with Crippen molar-refractivity contribution in [3.05, 3.63) is 35.5 Å². The number of hydrogen-bond acceptors (Lipinski definition) is 6. The summed E-state index contributed by atoms with van der Waals surface area (Å²) >= 11 is 0. The van der Waals surface area contributed by atoms with E-state index in [4.69, 9.17) is 13.9 Å². The number of carbonyl (C=O) groups is 1. The summed E-state index contributed by atoms with van der Waals surface area (Å²) in [5, 5.41) is 7.68. The minimum absolute atomic E-state index is 0.0915. The minimum Gasteiger partial charge on any atom is -0.493 e. The third-order valence-electron chi connectivity index (χ3n) is 2.51. The maximum Gasteiger partial charge on any atom is 0.253 e. The van der Waals surface area contributed by atoms with Gasteiger partial charge in [-0.3, -0.25) is 4.79 Å². The van der Waals surface area contributed by atoms with Gasteiger partial charge in [-0.2, -0.15) is 0 Å². The first-order valence-electron chi connectivity index (χ1n) is 5.84. The molecule has 0 saturated heterocycles. The van der Waals surface area contributed by atoms with E-state index in [1.54, 1.807) is 18.2 Å². The molecule has 19 heavy (non-hydrogen) atoms. The summed E-state index contributed by atoms with van der Waals surface area (Å²) in [5.74, 6) is 1.77. The third-order valence-corrected chi connectivity index (χ3v) is 2.51. The summed E-state index contributed by atoms with van der Waals surface area (Å²) in [5.41, 5.74) is 0.412. The Balaban J connectivity index is 2.16. The second-order valence-electron chi connectivity index (χ2n) is 3.73. The molecule has 100 valence electrons. The Hall–Kier alpha value is -2.37. The molecule has 1 aromatic carbocycles. The van der Waals surface area contributed by atoms with Crippen molar-refractivity contribution in [2.45, 2.75) is 20.0 Å². The van der Waals surface area contributed by atoms with Crippen LogP contribution in [0.15, 0.2) is 22.6 Å². The monoisotopic (exact) mass is 262 g/mol. The first-order valence-corrected chi connectivity index (χ1v) is 5.84. The normalized spacial score (nSPS) is 10.2. The van der Waals surface area contributed by atoms with Gasteiger partial charge in [0.25, 0.3) is 5.89 Å². The number of methoxy groups -OCH3 is 1. The average molecular weight is 262 g/mol. The number of aryl methyl sites for hydroxylation is 1. The Morgan fingerprint density at radius 3 is 2.74 bits per heavy atom. The molecule has 0 N–H and O–H groups in total. The van der Waals surface area contributed by atoms with E-state index in [1.165, 1.54) is 7.11 Å². The number of para-hydroxylation sites is 1. The molecule has 6 heteroatoms. The van der Waals surface area contributed by atoms with Crippen LogP contribution in [0.3, 0.4) is 0 Å². The first-order chi connectivity index (χ1) is 9.28. The lowest BCUT2D eigenvalue weighted by Crippen LogP contribution is -2.01. The summed E-state index contributed by atoms with van der Waals surface area (Å²) in [6.45, 7) is 2.01. The van der Waals surface area contributed by atoms with E-state index in [2.05, 4.69) is 10.2 Å². The quantitative estimate of drug-likeness (QED) is 0.741. The van der Waals surface area contributed by atoms with Crippen molar-refractivity contribution in [2.75, 3.05) is 7.11 Å². The standard InChI is InChI=1S/C13H14N2O4/c1-3-11-14-15-12(19-11)8-18-13-9(7-16)5-4-6-10(13)17-2/h4-7H,3,8H2,1-2H3. The fourth-order valence-electron chi connectivity index (χ4n) is 1.56. The Kier molecular flexibility index (Phi) is 4.12. The van der Waals surface area contributed by atoms with E-state index < -0.39 is 0 Å². The molecule has 0 aliphatic heterocycles. The summed E-state index contributed by atoms with van der Waals surface area (Å²) < 4.78 is 16.0. The van der Waals surface area contributed by atoms with Gasteiger partial charge >= 0.3 is 0 Å². The van der Waals surface area contributed by atoms with Crippen LogP contribution in [-0.4, -0.2) is 23.6 Å². The highest BCUT2D eigenvalue weighted by molar-refractivity contribution is 5.81. The molecule has 0 unspecified atom stereocenters. The Morgan fingerprint density at radius 1 is 1.32 bits per heavy atom. The topological polar surface area (TPSA) is 74.5 Å². The summed E-state index contributed by atoms with van der Waals surface area (Å²) in [7, 11) is 1.51. The highest BCUT2D eigenvalue weighted by Crippen LogP contribution is 2.30. The number of carbonyl (C=O) groups excluding carboxylic acids is 1. The predicted octanol–water partition coefficient (Wildman–Crippen LogP) is 2.03. The van der Waals surface area contributed by atoms with Crippen LogP contribution in [0, 0.1) is 0 Å². The summed E-state index contributed by atoms with van der Waals surface area (Å²) in [6.07, 6.45) is 1.38. The van der Waals surface area contributed by atoms with Gasteiger partial charge in [0.1, 0.15) is 0 Å². The number of rotatable bonds is 6. The SMILES string of the molecule is CCc1nnc(COc2c(C=O)cccc2OC)o1. The largest absolute Gasteiger partial charge is 0.493 e. The second-order valence-corrected chi connectivity index (χ2v) is 3.73. The molecule has 6 nitrogen and oxygen atoms in total. The van der Waals surface area contributed by atoms with Gasteiger partial charge in [-0.1, -0.05) is 13.0 Å². The van der Waals surface area contributed by atoms with Crippen LogP contribution in [0.1, 0.15) is 29.1 Å². The van der Waals surface area contributed by atoms with Gasteiger partial charge in [0.05, 0.1) is 12.7 Å². The molecule has 0 atom stereocenters.